The van der Waals surface area contributed by atoms with Crippen molar-refractivity contribution in [3.8, 4) is 0 Å². The van der Waals surface area contributed by atoms with E-state index in [1.807, 2.05) is 23.1 Å². The normalized spacial score (nSPS) is 20.1. The van der Waals surface area contributed by atoms with Crippen molar-refractivity contribution >= 4 is 33.4 Å². The molecule has 7 heteroatoms. The minimum atomic E-state index is -1.19. The molecule has 1 fully saturated rings. The van der Waals surface area contributed by atoms with Gasteiger partial charge in [-0.25, -0.2) is 4.39 Å². The summed E-state index contributed by atoms with van der Waals surface area (Å²) >= 11 is 3.30. The van der Waals surface area contributed by atoms with E-state index >= 15 is 0 Å². The van der Waals surface area contributed by atoms with Crippen LogP contribution in [0, 0.1) is 0 Å². The van der Waals surface area contributed by atoms with Crippen LogP contribution in [0.4, 0.5) is 4.39 Å². The highest BCUT2D eigenvalue weighted by Gasteiger charge is 2.36. The topological polar surface area (TPSA) is 62.3 Å². The molecule has 1 aromatic carbocycles. The predicted octanol–water partition coefficient (Wildman–Crippen LogP) is 3.69. The molecule has 2 atom stereocenters. The average molecular weight is 444 g/mol. The fourth-order valence-electron chi connectivity index (χ4n) is 3.78. The third-order valence-corrected chi connectivity index (χ3v) is 5.71. The highest BCUT2D eigenvalue weighted by molar-refractivity contribution is 9.10. The molecule has 2 unspecified atom stereocenters. The summed E-state index contributed by atoms with van der Waals surface area (Å²) in [6.45, 7) is 4.65. The van der Waals surface area contributed by atoms with E-state index in [4.69, 9.17) is 0 Å². The molecule has 3 heterocycles. The maximum atomic E-state index is 14.6. The number of pyridine rings is 1. The van der Waals surface area contributed by atoms with Gasteiger partial charge in [-0.15, -0.1) is 0 Å². The fourth-order valence-corrected chi connectivity index (χ4v) is 4.02. The molecule has 0 radical (unpaired) electrons. The summed E-state index contributed by atoms with van der Waals surface area (Å²) in [6, 6.07) is 8.85. The lowest BCUT2D eigenvalue weighted by molar-refractivity contribution is -0.136. The molecule has 2 aliphatic rings. The van der Waals surface area contributed by atoms with Gasteiger partial charge in [0.15, 0.2) is 0 Å². The molecule has 0 saturated carbocycles. The second-order valence-corrected chi connectivity index (χ2v) is 8.02. The van der Waals surface area contributed by atoms with Crippen LogP contribution < -0.4 is 5.32 Å². The first-order valence-corrected chi connectivity index (χ1v) is 9.88. The van der Waals surface area contributed by atoms with Gasteiger partial charge in [0, 0.05) is 41.3 Å². The predicted molar refractivity (Wildman–Crippen MR) is 107 cm³/mol. The number of carbonyl (C=O) groups excluding carboxylic acids is 2. The Kier molecular flexibility index (Phi) is 5.02. The smallest absolute Gasteiger partial charge is 0.249 e. The molecule has 144 valence electrons. The number of hydrogen-bond acceptors (Lipinski definition) is 4. The summed E-state index contributed by atoms with van der Waals surface area (Å²) in [6.07, 6.45) is 1.43. The fraction of sp³-hybridized carbons (Fsp3) is 0.286. The molecule has 28 heavy (non-hydrogen) atoms. The van der Waals surface area contributed by atoms with Crippen molar-refractivity contribution in [2.45, 2.75) is 38.0 Å². The van der Waals surface area contributed by atoms with Gasteiger partial charge in [0.25, 0.3) is 0 Å². The number of piperidine rings is 1. The Morgan fingerprint density at radius 1 is 1.32 bits per heavy atom. The van der Waals surface area contributed by atoms with Gasteiger partial charge in [-0.1, -0.05) is 24.8 Å². The number of carbonyl (C=O) groups is 2. The van der Waals surface area contributed by atoms with Gasteiger partial charge >= 0.3 is 0 Å². The van der Waals surface area contributed by atoms with E-state index < -0.39 is 12.2 Å². The van der Waals surface area contributed by atoms with Gasteiger partial charge in [-0.05, 0) is 45.6 Å². The SMILES string of the molecule is C=C1c2ccc(CC(F)c3ccc(Br)cn3)cc2CN1C1CCC(=O)NC1=O. The Labute approximate surface area is 170 Å². The standard InChI is InChI=1S/C21H19BrFN3O2/c1-12-16-4-2-13(9-17(23)18-5-3-15(22)10-24-18)8-14(16)11-26(12)19-6-7-20(27)25-21(19)28/h2-5,8,10,17,19H,1,6-7,9,11H2,(H,25,27,28). The maximum Gasteiger partial charge on any atom is 0.249 e. The summed E-state index contributed by atoms with van der Waals surface area (Å²) in [4.78, 5) is 29.7. The molecule has 2 aliphatic heterocycles. The number of halogens is 2. The van der Waals surface area contributed by atoms with E-state index in [1.54, 1.807) is 18.3 Å². The molecule has 1 aromatic heterocycles. The maximum absolute atomic E-state index is 14.6. The van der Waals surface area contributed by atoms with Crippen LogP contribution in [0.1, 0.15) is 41.4 Å². The molecule has 1 saturated heterocycles. The lowest BCUT2D eigenvalue weighted by Crippen LogP contribution is -2.50. The van der Waals surface area contributed by atoms with E-state index in [9.17, 15) is 14.0 Å². The molecule has 2 aromatic rings. The number of fused-ring (bicyclic) bond motifs is 1. The van der Waals surface area contributed by atoms with Gasteiger partial charge < -0.3 is 4.90 Å². The summed E-state index contributed by atoms with van der Waals surface area (Å²) < 4.78 is 15.5. The van der Waals surface area contributed by atoms with Gasteiger partial charge in [-0.2, -0.15) is 0 Å². The minimum Gasteiger partial charge on any atom is -0.355 e. The number of alkyl halides is 1. The van der Waals surface area contributed by atoms with Crippen molar-refractivity contribution < 1.29 is 14.0 Å². The summed E-state index contributed by atoms with van der Waals surface area (Å²) in [7, 11) is 0. The Morgan fingerprint density at radius 2 is 2.14 bits per heavy atom. The third-order valence-electron chi connectivity index (χ3n) is 5.24. The number of nitrogens with one attached hydrogen (secondary N) is 1. The Balaban J connectivity index is 1.50. The van der Waals surface area contributed by atoms with Crippen LogP contribution in [0.5, 0.6) is 0 Å². The van der Waals surface area contributed by atoms with Crippen molar-refractivity contribution in [1.82, 2.24) is 15.2 Å². The van der Waals surface area contributed by atoms with Gasteiger partial charge in [0.05, 0.1) is 5.69 Å². The van der Waals surface area contributed by atoms with Crippen LogP contribution in [-0.2, 0) is 22.6 Å². The van der Waals surface area contributed by atoms with Crippen LogP contribution in [0.25, 0.3) is 5.70 Å². The molecule has 1 N–H and O–H groups in total. The second kappa shape index (κ2) is 7.47. The minimum absolute atomic E-state index is 0.229. The quantitative estimate of drug-likeness (QED) is 0.731. The molecule has 4 rings (SSSR count). The number of benzene rings is 1. The Morgan fingerprint density at radius 3 is 2.86 bits per heavy atom. The van der Waals surface area contributed by atoms with E-state index in [2.05, 4.69) is 32.8 Å². The van der Waals surface area contributed by atoms with Gasteiger partial charge in [0.2, 0.25) is 11.8 Å². The Bertz CT molecular complexity index is 961. The van der Waals surface area contributed by atoms with Crippen LogP contribution >= 0.6 is 15.9 Å². The van der Waals surface area contributed by atoms with Gasteiger partial charge in [0.1, 0.15) is 12.2 Å². The zero-order chi connectivity index (χ0) is 19.8. The zero-order valence-electron chi connectivity index (χ0n) is 15.1. The summed E-state index contributed by atoms with van der Waals surface area (Å²) in [5.74, 6) is -0.517. The first-order valence-electron chi connectivity index (χ1n) is 9.09. The molecule has 0 spiro atoms. The monoisotopic (exact) mass is 443 g/mol. The molecule has 0 aliphatic carbocycles. The van der Waals surface area contributed by atoms with Crippen LogP contribution in [0.3, 0.4) is 0 Å². The molecular weight excluding hydrogens is 425 g/mol. The number of hydrogen-bond donors (Lipinski definition) is 1. The Hall–Kier alpha value is -2.54. The number of imide groups is 1. The average Bonchev–Trinajstić information content (AvgIpc) is 2.98. The number of amides is 2. The van der Waals surface area contributed by atoms with Crippen molar-refractivity contribution in [2.75, 3.05) is 0 Å². The number of nitrogens with zero attached hydrogens (tertiary/aromatic N) is 2. The van der Waals surface area contributed by atoms with Crippen LogP contribution in [-0.4, -0.2) is 27.7 Å². The lowest BCUT2D eigenvalue weighted by atomic mass is 10.0. The van der Waals surface area contributed by atoms with E-state index in [0.717, 1.165) is 26.9 Å². The first-order chi connectivity index (χ1) is 13.4. The summed E-state index contributed by atoms with van der Waals surface area (Å²) in [5, 5.41) is 2.39. The van der Waals surface area contributed by atoms with Crippen molar-refractivity contribution in [3.05, 3.63) is 70.0 Å². The second-order valence-electron chi connectivity index (χ2n) is 7.11. The number of rotatable bonds is 4. The molecule has 2 amide bonds. The van der Waals surface area contributed by atoms with Gasteiger partial charge in [-0.3, -0.25) is 19.9 Å². The van der Waals surface area contributed by atoms with E-state index in [1.165, 1.54) is 0 Å². The highest BCUT2D eigenvalue weighted by atomic mass is 79.9. The van der Waals surface area contributed by atoms with E-state index in [-0.39, 0.29) is 18.2 Å². The summed E-state index contributed by atoms with van der Waals surface area (Å²) in [5.41, 5.74) is 4.02. The third kappa shape index (κ3) is 3.58. The van der Waals surface area contributed by atoms with Crippen molar-refractivity contribution in [2.24, 2.45) is 0 Å². The first kappa shape index (κ1) is 18.8. The number of aromatic nitrogens is 1. The highest BCUT2D eigenvalue weighted by Crippen LogP contribution is 2.36. The largest absolute Gasteiger partial charge is 0.355 e. The molecular formula is C21H19BrFN3O2. The zero-order valence-corrected chi connectivity index (χ0v) is 16.7. The van der Waals surface area contributed by atoms with E-state index in [0.29, 0.717) is 25.1 Å². The van der Waals surface area contributed by atoms with Crippen molar-refractivity contribution in [1.29, 1.82) is 0 Å². The van der Waals surface area contributed by atoms with Crippen LogP contribution in [0.15, 0.2) is 47.6 Å². The molecule has 0 bridgehead atoms. The molecule has 5 nitrogen and oxygen atoms in total. The lowest BCUT2D eigenvalue weighted by Gasteiger charge is -2.31. The van der Waals surface area contributed by atoms with Crippen molar-refractivity contribution in [3.63, 3.8) is 0 Å². The van der Waals surface area contributed by atoms with Crippen LogP contribution in [0.2, 0.25) is 0 Å².